The van der Waals surface area contributed by atoms with Gasteiger partial charge >= 0.3 is 5.63 Å². The third-order valence-electron chi connectivity index (χ3n) is 3.70. The second kappa shape index (κ2) is 4.74. The lowest BCUT2D eigenvalue weighted by atomic mass is 9.90. The predicted octanol–water partition coefficient (Wildman–Crippen LogP) is 2.77. The smallest absolute Gasteiger partial charge is 0.336 e. The predicted molar refractivity (Wildman–Crippen MR) is 81.4 cm³/mol. The fourth-order valence-corrected chi connectivity index (χ4v) is 2.95. The Hall–Kier alpha value is -1.53. The van der Waals surface area contributed by atoms with E-state index in [1.165, 1.54) is 13.2 Å². The molecule has 3 rings (SSSR count). The Morgan fingerprint density at radius 2 is 2.10 bits per heavy atom. The Morgan fingerprint density at radius 1 is 1.38 bits per heavy atom. The van der Waals surface area contributed by atoms with Crippen LogP contribution in [-0.4, -0.2) is 22.6 Å². The molecule has 2 heterocycles. The maximum absolute atomic E-state index is 11.5. The van der Waals surface area contributed by atoms with Crippen molar-refractivity contribution in [3.05, 3.63) is 34.2 Å². The van der Waals surface area contributed by atoms with Crippen molar-refractivity contribution < 1.29 is 19.0 Å². The fourth-order valence-electron chi connectivity index (χ4n) is 2.60. The molecule has 1 aliphatic rings. The van der Waals surface area contributed by atoms with Crippen LogP contribution >= 0.6 is 15.9 Å². The second-order valence-corrected chi connectivity index (χ2v) is 6.53. The average molecular weight is 355 g/mol. The Morgan fingerprint density at radius 3 is 2.76 bits per heavy atom. The molecule has 1 aliphatic heterocycles. The molecule has 0 spiro atoms. The minimum absolute atomic E-state index is 0.296. The van der Waals surface area contributed by atoms with Crippen LogP contribution in [0.5, 0.6) is 11.5 Å². The Balaban J connectivity index is 2.39. The number of alkyl halides is 1. The molecule has 0 radical (unpaired) electrons. The quantitative estimate of drug-likeness (QED) is 0.629. The molecule has 0 saturated heterocycles. The van der Waals surface area contributed by atoms with E-state index in [9.17, 15) is 9.90 Å². The summed E-state index contributed by atoms with van der Waals surface area (Å²) in [5.41, 5.74) is -0.338. The number of benzene rings is 1. The first-order valence-corrected chi connectivity index (χ1v) is 7.42. The molecule has 0 unspecified atom stereocenters. The van der Waals surface area contributed by atoms with Crippen LogP contribution in [0.2, 0.25) is 0 Å². The van der Waals surface area contributed by atoms with Crippen LogP contribution < -0.4 is 15.1 Å². The van der Waals surface area contributed by atoms with Gasteiger partial charge in [-0.1, -0.05) is 15.9 Å². The highest BCUT2D eigenvalue weighted by Crippen LogP contribution is 2.48. The zero-order valence-electron chi connectivity index (χ0n) is 11.8. The zero-order valence-corrected chi connectivity index (χ0v) is 13.4. The van der Waals surface area contributed by atoms with Gasteiger partial charge in [0.05, 0.1) is 22.9 Å². The van der Waals surface area contributed by atoms with Crippen LogP contribution in [0.1, 0.15) is 25.5 Å². The maximum Gasteiger partial charge on any atom is 0.336 e. The first-order chi connectivity index (χ1) is 9.85. The number of hydrogen-bond donors (Lipinski definition) is 1. The van der Waals surface area contributed by atoms with Gasteiger partial charge in [-0.15, -0.1) is 0 Å². The lowest BCUT2D eigenvalue weighted by Gasteiger charge is -2.40. The highest BCUT2D eigenvalue weighted by atomic mass is 79.9. The summed E-state index contributed by atoms with van der Waals surface area (Å²) in [5, 5.41) is 11.2. The van der Waals surface area contributed by atoms with Crippen molar-refractivity contribution >= 4 is 26.9 Å². The molecule has 2 aromatic rings. The van der Waals surface area contributed by atoms with Gasteiger partial charge in [0.25, 0.3) is 0 Å². The van der Waals surface area contributed by atoms with Gasteiger partial charge in [-0.25, -0.2) is 4.79 Å². The molecule has 0 saturated carbocycles. The number of hydrogen-bond acceptors (Lipinski definition) is 5. The van der Waals surface area contributed by atoms with Crippen LogP contribution in [0.15, 0.2) is 27.4 Å². The molecule has 5 nitrogen and oxygen atoms in total. The van der Waals surface area contributed by atoms with Crippen molar-refractivity contribution in [2.24, 2.45) is 0 Å². The van der Waals surface area contributed by atoms with Crippen molar-refractivity contribution in [3.63, 3.8) is 0 Å². The number of fused-ring (bicyclic) bond motifs is 3. The molecule has 1 N–H and O–H groups in total. The van der Waals surface area contributed by atoms with Gasteiger partial charge in [0.15, 0.2) is 5.58 Å². The summed E-state index contributed by atoms with van der Waals surface area (Å²) in [5.74, 6) is 0.991. The number of halogens is 1. The minimum Gasteiger partial charge on any atom is -0.496 e. The number of ether oxygens (including phenoxy) is 2. The minimum atomic E-state index is -0.859. The topological polar surface area (TPSA) is 68.9 Å². The third kappa shape index (κ3) is 2.13. The van der Waals surface area contributed by atoms with Gasteiger partial charge in [0, 0.05) is 12.1 Å². The Bertz CT molecular complexity index is 764. The highest BCUT2D eigenvalue weighted by Gasteiger charge is 2.43. The van der Waals surface area contributed by atoms with Gasteiger partial charge in [-0.3, -0.25) is 0 Å². The zero-order chi connectivity index (χ0) is 15.4. The van der Waals surface area contributed by atoms with Crippen molar-refractivity contribution in [2.45, 2.75) is 30.4 Å². The van der Waals surface area contributed by atoms with Gasteiger partial charge < -0.3 is 19.0 Å². The van der Waals surface area contributed by atoms with E-state index in [4.69, 9.17) is 13.9 Å². The summed E-state index contributed by atoms with van der Waals surface area (Å²) in [4.78, 5) is 11.2. The molecule has 21 heavy (non-hydrogen) atoms. The van der Waals surface area contributed by atoms with Gasteiger partial charge in [0.1, 0.15) is 23.2 Å². The molecule has 0 amide bonds. The summed E-state index contributed by atoms with van der Waals surface area (Å²) in [7, 11) is 1.53. The largest absolute Gasteiger partial charge is 0.496 e. The van der Waals surface area contributed by atoms with E-state index >= 15 is 0 Å². The summed E-state index contributed by atoms with van der Waals surface area (Å²) in [6.07, 6.45) is -0.859. The molecule has 2 atom stereocenters. The monoisotopic (exact) mass is 354 g/mol. The summed E-state index contributed by atoms with van der Waals surface area (Å²) in [6.45, 7) is 3.74. The molecule has 0 fully saturated rings. The van der Waals surface area contributed by atoms with Gasteiger partial charge in [0.2, 0.25) is 0 Å². The van der Waals surface area contributed by atoms with Crippen molar-refractivity contribution in [1.82, 2.24) is 0 Å². The second-order valence-electron chi connectivity index (χ2n) is 5.54. The van der Waals surface area contributed by atoms with Crippen LogP contribution in [0, 0.1) is 0 Å². The van der Waals surface area contributed by atoms with E-state index in [0.29, 0.717) is 28.0 Å². The molecular formula is C15H15BrO5. The SMILES string of the molecule is COc1cc2c(c3oc(=O)ccc13)[C@@H](O)[C@H](Br)C(C)(C)O2. The van der Waals surface area contributed by atoms with E-state index in [-0.39, 0.29) is 4.83 Å². The summed E-state index contributed by atoms with van der Waals surface area (Å²) >= 11 is 3.46. The molecule has 0 bridgehead atoms. The number of aliphatic hydroxyl groups is 1. The molecule has 112 valence electrons. The van der Waals surface area contributed by atoms with E-state index < -0.39 is 17.3 Å². The Labute approximate surface area is 129 Å². The van der Waals surface area contributed by atoms with Gasteiger partial charge in [-0.05, 0) is 19.9 Å². The number of rotatable bonds is 1. The number of aliphatic hydroxyl groups excluding tert-OH is 1. The maximum atomic E-state index is 11.5. The molecule has 1 aromatic carbocycles. The van der Waals surface area contributed by atoms with Crippen LogP contribution in [0.3, 0.4) is 0 Å². The van der Waals surface area contributed by atoms with Crippen molar-refractivity contribution in [1.29, 1.82) is 0 Å². The normalized spacial score (nSPS) is 23.5. The lowest BCUT2D eigenvalue weighted by molar-refractivity contribution is 0.0228. The highest BCUT2D eigenvalue weighted by molar-refractivity contribution is 9.09. The summed E-state index contributed by atoms with van der Waals surface area (Å²) in [6, 6.07) is 4.65. The Kier molecular flexibility index (Phi) is 3.26. The standard InChI is InChI=1S/C15H15BrO5/c1-15(2)14(16)12(18)11-9(21-15)6-8(19-3)7-4-5-10(17)20-13(7)11/h4-6,12,14,18H,1-3H3/t12-,14+/m1/s1. The average Bonchev–Trinajstić information content (AvgIpc) is 2.43. The first kappa shape index (κ1) is 14.4. The lowest BCUT2D eigenvalue weighted by Crippen LogP contribution is -2.45. The van der Waals surface area contributed by atoms with Crippen LogP contribution in [-0.2, 0) is 0 Å². The van der Waals surface area contributed by atoms with Crippen molar-refractivity contribution in [2.75, 3.05) is 7.11 Å². The first-order valence-electron chi connectivity index (χ1n) is 6.51. The molecule has 6 heteroatoms. The number of methoxy groups -OCH3 is 1. The van der Waals surface area contributed by atoms with E-state index in [1.54, 1.807) is 12.1 Å². The molecular weight excluding hydrogens is 340 g/mol. The van der Waals surface area contributed by atoms with Crippen LogP contribution in [0.25, 0.3) is 11.0 Å². The van der Waals surface area contributed by atoms with E-state index in [1.807, 2.05) is 13.8 Å². The third-order valence-corrected chi connectivity index (χ3v) is 5.30. The molecule has 1 aromatic heterocycles. The van der Waals surface area contributed by atoms with E-state index in [0.717, 1.165) is 0 Å². The van der Waals surface area contributed by atoms with Gasteiger partial charge in [-0.2, -0.15) is 0 Å². The van der Waals surface area contributed by atoms with E-state index in [2.05, 4.69) is 15.9 Å². The summed E-state index contributed by atoms with van der Waals surface area (Å²) < 4.78 is 16.6. The van der Waals surface area contributed by atoms with Crippen molar-refractivity contribution in [3.8, 4) is 11.5 Å². The molecule has 0 aliphatic carbocycles. The fraction of sp³-hybridized carbons (Fsp3) is 0.400. The van der Waals surface area contributed by atoms with Crippen LogP contribution in [0.4, 0.5) is 0 Å².